The van der Waals surface area contributed by atoms with Crippen molar-refractivity contribution in [1.82, 2.24) is 4.72 Å². The minimum absolute atomic E-state index is 0.248. The second kappa shape index (κ2) is 6.55. The number of rotatable bonds is 5. The van der Waals surface area contributed by atoms with Crippen LogP contribution in [-0.4, -0.2) is 15.5 Å². The Morgan fingerprint density at radius 2 is 1.65 bits per heavy atom. The quantitative estimate of drug-likeness (QED) is 0.782. The molecule has 0 unspecified atom stereocenters. The first-order valence-corrected chi connectivity index (χ1v) is 8.45. The molecule has 2 aromatic carbocycles. The topological polar surface area (TPSA) is 55.4 Å². The third-order valence-corrected chi connectivity index (χ3v) is 4.89. The van der Waals surface area contributed by atoms with Crippen LogP contribution < -0.4 is 9.46 Å². The van der Waals surface area contributed by atoms with Gasteiger partial charge in [0, 0.05) is 10.1 Å². The van der Waals surface area contributed by atoms with Gasteiger partial charge in [-0.25, -0.2) is 13.1 Å². The maximum absolute atomic E-state index is 12.1. The molecule has 2 aromatic rings. The summed E-state index contributed by atoms with van der Waals surface area (Å²) in [6, 6.07) is 14.0. The Morgan fingerprint density at radius 3 is 2.20 bits per heavy atom. The minimum atomic E-state index is -3.48. The lowest BCUT2D eigenvalue weighted by Gasteiger charge is -2.07. The first-order valence-electron chi connectivity index (χ1n) is 5.89. The van der Waals surface area contributed by atoms with Gasteiger partial charge in [-0.15, -0.1) is 0 Å². The van der Waals surface area contributed by atoms with Crippen LogP contribution in [0.25, 0.3) is 0 Å². The summed E-state index contributed by atoms with van der Waals surface area (Å²) in [5.74, 6) is 0.745. The van der Waals surface area contributed by atoms with E-state index in [2.05, 4.69) is 27.3 Å². The van der Waals surface area contributed by atoms with E-state index in [-0.39, 0.29) is 11.4 Å². The molecule has 0 radical (unpaired) electrons. The normalized spacial score (nSPS) is 11.3. The van der Waals surface area contributed by atoms with E-state index >= 15 is 0 Å². The van der Waals surface area contributed by atoms with Crippen molar-refractivity contribution in [3.63, 3.8) is 0 Å². The minimum Gasteiger partial charge on any atom is -0.497 e. The molecule has 0 aliphatic heterocycles. The van der Waals surface area contributed by atoms with E-state index in [0.29, 0.717) is 0 Å². The van der Waals surface area contributed by atoms with Crippen molar-refractivity contribution >= 4 is 32.6 Å². The summed E-state index contributed by atoms with van der Waals surface area (Å²) in [4.78, 5) is 0.270. The highest BCUT2D eigenvalue weighted by molar-refractivity contribution is 14.1. The Morgan fingerprint density at radius 1 is 1.05 bits per heavy atom. The molecular formula is C14H14INO3S. The zero-order valence-corrected chi connectivity index (χ0v) is 13.8. The molecule has 1 N–H and O–H groups in total. The van der Waals surface area contributed by atoms with Gasteiger partial charge in [-0.1, -0.05) is 12.1 Å². The van der Waals surface area contributed by atoms with E-state index in [1.54, 1.807) is 43.5 Å². The lowest BCUT2D eigenvalue weighted by Crippen LogP contribution is -2.23. The van der Waals surface area contributed by atoms with Gasteiger partial charge in [-0.2, -0.15) is 0 Å². The molecular weight excluding hydrogens is 389 g/mol. The first kappa shape index (κ1) is 15.3. The number of hydrogen-bond acceptors (Lipinski definition) is 3. The highest BCUT2D eigenvalue weighted by atomic mass is 127. The highest BCUT2D eigenvalue weighted by Crippen LogP contribution is 2.14. The van der Waals surface area contributed by atoms with E-state index in [9.17, 15) is 8.42 Å². The maximum atomic E-state index is 12.1. The summed E-state index contributed by atoms with van der Waals surface area (Å²) in [5, 5.41) is 0. The summed E-state index contributed by atoms with van der Waals surface area (Å²) in [5.41, 5.74) is 0.875. The van der Waals surface area contributed by atoms with Gasteiger partial charge >= 0.3 is 0 Å². The summed E-state index contributed by atoms with van der Waals surface area (Å²) in [7, 11) is -1.88. The summed E-state index contributed by atoms with van der Waals surface area (Å²) >= 11 is 2.13. The Kier molecular flexibility index (Phi) is 5.00. The molecule has 0 fully saturated rings. The summed E-state index contributed by atoms with van der Waals surface area (Å²) in [6.45, 7) is 0.248. The van der Waals surface area contributed by atoms with Crippen molar-refractivity contribution in [2.75, 3.05) is 7.11 Å². The maximum Gasteiger partial charge on any atom is 0.240 e. The number of hydrogen-bond donors (Lipinski definition) is 1. The standard InChI is InChI=1S/C14H14INO3S/c1-19-13-6-2-11(3-7-13)10-16-20(17,18)14-8-4-12(15)5-9-14/h2-9,16H,10H2,1H3. The second-order valence-electron chi connectivity index (χ2n) is 4.13. The van der Waals surface area contributed by atoms with Crippen molar-refractivity contribution < 1.29 is 13.2 Å². The largest absolute Gasteiger partial charge is 0.497 e. The molecule has 106 valence electrons. The van der Waals surface area contributed by atoms with E-state index in [4.69, 9.17) is 4.74 Å². The smallest absolute Gasteiger partial charge is 0.240 e. The van der Waals surface area contributed by atoms with Gasteiger partial charge in [0.05, 0.1) is 12.0 Å². The van der Waals surface area contributed by atoms with E-state index in [1.165, 1.54) is 0 Å². The SMILES string of the molecule is COc1ccc(CNS(=O)(=O)c2ccc(I)cc2)cc1. The second-order valence-corrected chi connectivity index (χ2v) is 7.14. The molecule has 0 saturated carbocycles. The van der Waals surface area contributed by atoms with Gasteiger partial charge < -0.3 is 4.74 Å². The molecule has 0 bridgehead atoms. The van der Waals surface area contributed by atoms with Crippen LogP contribution in [0.1, 0.15) is 5.56 Å². The third kappa shape index (κ3) is 3.94. The van der Waals surface area contributed by atoms with Crippen molar-refractivity contribution in [1.29, 1.82) is 0 Å². The molecule has 6 heteroatoms. The zero-order valence-electron chi connectivity index (χ0n) is 10.8. The average molecular weight is 403 g/mol. The zero-order chi connectivity index (χ0) is 14.6. The van der Waals surface area contributed by atoms with Crippen molar-refractivity contribution in [2.45, 2.75) is 11.4 Å². The average Bonchev–Trinajstić information content (AvgIpc) is 2.46. The van der Waals surface area contributed by atoms with Gasteiger partial charge in [-0.3, -0.25) is 0 Å². The lowest BCUT2D eigenvalue weighted by molar-refractivity contribution is 0.414. The molecule has 0 atom stereocenters. The van der Waals surface area contributed by atoms with Gasteiger partial charge in [0.15, 0.2) is 0 Å². The Hall–Kier alpha value is -1.12. The first-order chi connectivity index (χ1) is 9.51. The fraction of sp³-hybridized carbons (Fsp3) is 0.143. The van der Waals surface area contributed by atoms with Gasteiger partial charge in [0.2, 0.25) is 10.0 Å². The summed E-state index contributed by atoms with van der Waals surface area (Å²) < 4.78 is 32.8. The Balaban J connectivity index is 2.06. The van der Waals surface area contributed by atoms with E-state index in [1.807, 2.05) is 12.1 Å². The highest BCUT2D eigenvalue weighted by Gasteiger charge is 2.13. The van der Waals surface area contributed by atoms with Crippen LogP contribution in [-0.2, 0) is 16.6 Å². The Labute approximate surface area is 132 Å². The third-order valence-electron chi connectivity index (χ3n) is 2.75. The number of ether oxygens (including phenoxy) is 1. The molecule has 0 aromatic heterocycles. The molecule has 0 heterocycles. The molecule has 0 aliphatic rings. The van der Waals surface area contributed by atoms with Crippen LogP contribution >= 0.6 is 22.6 Å². The van der Waals surface area contributed by atoms with Crippen LogP contribution in [0.4, 0.5) is 0 Å². The molecule has 2 rings (SSSR count). The van der Waals surface area contributed by atoms with Gasteiger partial charge in [0.25, 0.3) is 0 Å². The van der Waals surface area contributed by atoms with E-state index in [0.717, 1.165) is 14.9 Å². The molecule has 0 amide bonds. The molecule has 4 nitrogen and oxygen atoms in total. The fourth-order valence-electron chi connectivity index (χ4n) is 1.62. The number of benzene rings is 2. The van der Waals surface area contributed by atoms with Gasteiger partial charge in [-0.05, 0) is 64.6 Å². The van der Waals surface area contributed by atoms with Crippen LogP contribution in [0.3, 0.4) is 0 Å². The van der Waals surface area contributed by atoms with Crippen molar-refractivity contribution in [2.24, 2.45) is 0 Å². The number of methoxy groups -OCH3 is 1. The number of sulfonamides is 1. The molecule has 0 spiro atoms. The predicted octanol–water partition coefficient (Wildman–Crippen LogP) is 2.78. The lowest BCUT2D eigenvalue weighted by atomic mass is 10.2. The van der Waals surface area contributed by atoms with Crippen LogP contribution in [0.5, 0.6) is 5.75 Å². The molecule has 20 heavy (non-hydrogen) atoms. The molecule has 0 saturated heterocycles. The van der Waals surface area contributed by atoms with Gasteiger partial charge in [0.1, 0.15) is 5.75 Å². The monoisotopic (exact) mass is 403 g/mol. The van der Waals surface area contributed by atoms with E-state index < -0.39 is 10.0 Å². The van der Waals surface area contributed by atoms with Crippen LogP contribution in [0.15, 0.2) is 53.4 Å². The number of halogens is 1. The summed E-state index contributed by atoms with van der Waals surface area (Å²) in [6.07, 6.45) is 0. The fourth-order valence-corrected chi connectivity index (χ4v) is 3.00. The van der Waals surface area contributed by atoms with Crippen molar-refractivity contribution in [3.8, 4) is 5.75 Å². The number of nitrogens with one attached hydrogen (secondary N) is 1. The van der Waals surface area contributed by atoms with Crippen LogP contribution in [0, 0.1) is 3.57 Å². The van der Waals surface area contributed by atoms with Crippen LogP contribution in [0.2, 0.25) is 0 Å². The Bertz CT molecular complexity index is 667. The predicted molar refractivity (Wildman–Crippen MR) is 86.2 cm³/mol. The van der Waals surface area contributed by atoms with Crippen molar-refractivity contribution in [3.05, 3.63) is 57.7 Å². The molecule has 0 aliphatic carbocycles.